The molecule has 0 unspecified atom stereocenters. The minimum absolute atomic E-state index is 0.734. The number of fused-ring (bicyclic) bond motifs is 1. The van der Waals surface area contributed by atoms with Crippen LogP contribution in [0.3, 0.4) is 0 Å². The van der Waals surface area contributed by atoms with Gasteiger partial charge in [0, 0.05) is 15.6 Å². The van der Waals surface area contributed by atoms with Crippen molar-refractivity contribution in [1.82, 2.24) is 19.8 Å². The van der Waals surface area contributed by atoms with Crippen LogP contribution in [0, 0.1) is 0 Å². The minimum Gasteiger partial charge on any atom is -0.497 e. The summed E-state index contributed by atoms with van der Waals surface area (Å²) in [5.74, 6) is 1.56. The number of rotatable bonds is 3. The van der Waals surface area contributed by atoms with Crippen molar-refractivity contribution in [2.45, 2.75) is 0 Å². The third-order valence-corrected chi connectivity index (χ3v) is 4.85. The van der Waals surface area contributed by atoms with Crippen LogP contribution < -0.4 is 4.74 Å². The van der Waals surface area contributed by atoms with Crippen LogP contribution in [0.15, 0.2) is 53.0 Å². The third-order valence-electron chi connectivity index (χ3n) is 3.41. The minimum atomic E-state index is 0.734. The molecule has 4 aromatic rings. The molecule has 7 heteroatoms. The number of hydrogen-bond donors (Lipinski definition) is 0. The highest BCUT2D eigenvalue weighted by Crippen LogP contribution is 2.29. The van der Waals surface area contributed by atoms with Gasteiger partial charge in [0.2, 0.25) is 4.96 Å². The molecule has 0 N–H and O–H groups in total. The second-order valence-corrected chi connectivity index (χ2v) is 6.74. The lowest BCUT2D eigenvalue weighted by Gasteiger charge is -2.00. The first-order valence-electron chi connectivity index (χ1n) is 6.87. The Morgan fingerprint density at radius 2 is 1.87 bits per heavy atom. The zero-order valence-electron chi connectivity index (χ0n) is 12.1. The summed E-state index contributed by atoms with van der Waals surface area (Å²) in [6.07, 6.45) is 0. The number of methoxy groups -OCH3 is 1. The number of hydrogen-bond acceptors (Lipinski definition) is 5. The lowest BCUT2D eigenvalue weighted by atomic mass is 10.2. The fourth-order valence-corrected chi connectivity index (χ4v) is 3.52. The number of benzene rings is 2. The molecule has 0 saturated carbocycles. The Kier molecular flexibility index (Phi) is 3.59. The van der Waals surface area contributed by atoms with Gasteiger partial charge in [0.25, 0.3) is 0 Å². The summed E-state index contributed by atoms with van der Waals surface area (Å²) < 4.78 is 7.97. The molecule has 2 aromatic heterocycles. The molecule has 0 aliphatic heterocycles. The average Bonchev–Trinajstić information content (AvgIpc) is 3.15. The predicted molar refractivity (Wildman–Crippen MR) is 93.8 cm³/mol. The van der Waals surface area contributed by atoms with Crippen LogP contribution in [-0.2, 0) is 0 Å². The van der Waals surface area contributed by atoms with Crippen LogP contribution in [0.5, 0.6) is 5.75 Å². The number of aromatic nitrogens is 4. The van der Waals surface area contributed by atoms with Crippen molar-refractivity contribution < 1.29 is 4.74 Å². The van der Waals surface area contributed by atoms with E-state index in [0.717, 1.165) is 37.1 Å². The van der Waals surface area contributed by atoms with Gasteiger partial charge in [-0.15, -0.1) is 10.2 Å². The highest BCUT2D eigenvalue weighted by Gasteiger charge is 2.14. The normalized spacial score (nSPS) is 11.0. The maximum Gasteiger partial charge on any atom is 0.235 e. The zero-order valence-corrected chi connectivity index (χ0v) is 14.5. The van der Waals surface area contributed by atoms with Gasteiger partial charge in [-0.25, -0.2) is 0 Å². The summed E-state index contributed by atoms with van der Waals surface area (Å²) in [4.78, 5) is 0.769. The van der Waals surface area contributed by atoms with Gasteiger partial charge >= 0.3 is 0 Å². The quantitative estimate of drug-likeness (QED) is 0.526. The van der Waals surface area contributed by atoms with Crippen molar-refractivity contribution in [2.24, 2.45) is 0 Å². The second kappa shape index (κ2) is 5.75. The van der Waals surface area contributed by atoms with Crippen molar-refractivity contribution in [3.63, 3.8) is 0 Å². The van der Waals surface area contributed by atoms with Crippen LogP contribution in [0.1, 0.15) is 0 Å². The first kappa shape index (κ1) is 14.3. The summed E-state index contributed by atoms with van der Waals surface area (Å²) in [7, 11) is 1.66. The number of halogens is 1. The molecule has 0 aliphatic rings. The van der Waals surface area contributed by atoms with Crippen molar-refractivity contribution in [1.29, 1.82) is 0 Å². The summed E-state index contributed by atoms with van der Waals surface area (Å²) in [5.41, 5.74) is 2.00. The monoisotopic (exact) mass is 386 g/mol. The van der Waals surface area contributed by atoms with E-state index >= 15 is 0 Å². The highest BCUT2D eigenvalue weighted by molar-refractivity contribution is 9.10. The lowest BCUT2D eigenvalue weighted by Crippen LogP contribution is -1.91. The molecule has 0 saturated heterocycles. The van der Waals surface area contributed by atoms with Crippen LogP contribution in [0.4, 0.5) is 0 Å². The van der Waals surface area contributed by atoms with Crippen LogP contribution in [-0.4, -0.2) is 26.9 Å². The van der Waals surface area contributed by atoms with E-state index in [1.54, 1.807) is 11.6 Å². The summed E-state index contributed by atoms with van der Waals surface area (Å²) in [6.45, 7) is 0. The van der Waals surface area contributed by atoms with Gasteiger partial charge in [0.05, 0.1) is 7.11 Å². The molecule has 0 spiro atoms. The molecule has 4 rings (SSSR count). The molecule has 0 atom stereocenters. The van der Waals surface area contributed by atoms with Gasteiger partial charge in [-0.2, -0.15) is 9.61 Å². The average molecular weight is 387 g/mol. The first-order valence-corrected chi connectivity index (χ1v) is 8.48. The molecule has 0 fully saturated rings. The standard InChI is InChI=1S/C16H11BrN4OS/c1-22-13-7-5-10(6-8-13)15-20-21-14(18-19-16(21)23-15)11-3-2-4-12(17)9-11/h2-9H,1H3. The van der Waals surface area contributed by atoms with Crippen LogP contribution in [0.25, 0.3) is 26.9 Å². The van der Waals surface area contributed by atoms with E-state index in [4.69, 9.17) is 4.74 Å². The summed E-state index contributed by atoms with van der Waals surface area (Å²) in [5, 5.41) is 14.0. The molecular formula is C16H11BrN4OS. The lowest BCUT2D eigenvalue weighted by molar-refractivity contribution is 0.415. The van der Waals surface area contributed by atoms with Gasteiger partial charge < -0.3 is 4.74 Å². The molecule has 2 heterocycles. The Hall–Kier alpha value is -2.25. The molecule has 114 valence electrons. The Morgan fingerprint density at radius 3 is 2.61 bits per heavy atom. The van der Waals surface area contributed by atoms with Crippen LogP contribution in [0.2, 0.25) is 0 Å². The summed E-state index contributed by atoms with van der Waals surface area (Å²) >= 11 is 4.99. The van der Waals surface area contributed by atoms with Crippen molar-refractivity contribution in [2.75, 3.05) is 7.11 Å². The fourth-order valence-electron chi connectivity index (χ4n) is 2.27. The summed E-state index contributed by atoms with van der Waals surface area (Å²) in [6, 6.07) is 15.8. The van der Waals surface area contributed by atoms with Gasteiger partial charge in [-0.3, -0.25) is 0 Å². The Morgan fingerprint density at radius 1 is 1.04 bits per heavy atom. The van der Waals surface area contributed by atoms with Crippen molar-refractivity contribution >= 4 is 32.2 Å². The van der Waals surface area contributed by atoms with E-state index in [-0.39, 0.29) is 0 Å². The van der Waals surface area contributed by atoms with E-state index in [0.29, 0.717) is 0 Å². The van der Waals surface area contributed by atoms with Gasteiger partial charge in [-0.1, -0.05) is 39.4 Å². The SMILES string of the molecule is COc1ccc(-c2nn3c(-c4cccc(Br)c4)nnc3s2)cc1. The molecule has 2 aromatic carbocycles. The molecule has 23 heavy (non-hydrogen) atoms. The van der Waals surface area contributed by atoms with E-state index in [1.165, 1.54) is 11.3 Å². The molecule has 0 radical (unpaired) electrons. The maximum atomic E-state index is 5.19. The topological polar surface area (TPSA) is 52.3 Å². The Bertz CT molecular complexity index is 977. The van der Waals surface area contributed by atoms with E-state index in [1.807, 2.05) is 48.5 Å². The molecular weight excluding hydrogens is 376 g/mol. The van der Waals surface area contributed by atoms with Gasteiger partial charge in [-0.05, 0) is 36.4 Å². The van der Waals surface area contributed by atoms with E-state index < -0.39 is 0 Å². The second-order valence-electron chi connectivity index (χ2n) is 4.86. The zero-order chi connectivity index (χ0) is 15.8. The van der Waals surface area contributed by atoms with Gasteiger partial charge in [0.1, 0.15) is 10.8 Å². The van der Waals surface area contributed by atoms with Crippen LogP contribution >= 0.6 is 27.3 Å². The molecule has 0 bridgehead atoms. The van der Waals surface area contributed by atoms with Crippen molar-refractivity contribution in [3.8, 4) is 27.7 Å². The largest absolute Gasteiger partial charge is 0.497 e. The van der Waals surface area contributed by atoms with E-state index in [9.17, 15) is 0 Å². The highest BCUT2D eigenvalue weighted by atomic mass is 79.9. The Balaban J connectivity index is 1.79. The number of nitrogens with zero attached hydrogens (tertiary/aromatic N) is 4. The fraction of sp³-hybridized carbons (Fsp3) is 0.0625. The van der Waals surface area contributed by atoms with Gasteiger partial charge in [0.15, 0.2) is 5.82 Å². The molecule has 0 amide bonds. The number of ether oxygens (including phenoxy) is 1. The predicted octanol–water partition coefficient (Wildman–Crippen LogP) is 4.29. The smallest absolute Gasteiger partial charge is 0.235 e. The first-order chi connectivity index (χ1) is 11.2. The third kappa shape index (κ3) is 2.62. The molecule has 5 nitrogen and oxygen atoms in total. The molecule has 0 aliphatic carbocycles. The van der Waals surface area contributed by atoms with E-state index in [2.05, 4.69) is 31.2 Å². The Labute approximate surface area is 144 Å². The van der Waals surface area contributed by atoms with Crippen molar-refractivity contribution in [3.05, 3.63) is 53.0 Å². The maximum absolute atomic E-state index is 5.19.